The molecule has 1 fully saturated rings. The lowest BCUT2D eigenvalue weighted by Crippen LogP contribution is -2.38. The molecule has 1 aliphatic carbocycles. The summed E-state index contributed by atoms with van der Waals surface area (Å²) in [5.41, 5.74) is 2.59. The normalized spacial score (nSPS) is 19.5. The maximum absolute atomic E-state index is 13.7. The third-order valence-corrected chi connectivity index (χ3v) is 7.06. The molecule has 1 atom stereocenters. The third kappa shape index (κ3) is 3.74. The number of ketones is 1. The van der Waals surface area contributed by atoms with E-state index < -0.39 is 23.5 Å². The van der Waals surface area contributed by atoms with Crippen LogP contribution in [0.15, 0.2) is 64.3 Å². The summed E-state index contributed by atoms with van der Waals surface area (Å²) in [6.45, 7) is 4.24. The molecule has 0 spiro atoms. The highest BCUT2D eigenvalue weighted by atomic mass is 35.5. The Morgan fingerprint density at radius 1 is 1.09 bits per heavy atom. The van der Waals surface area contributed by atoms with Gasteiger partial charge in [0.2, 0.25) is 5.78 Å². The lowest BCUT2D eigenvalue weighted by atomic mass is 9.92. The van der Waals surface area contributed by atoms with Gasteiger partial charge in [0.15, 0.2) is 11.5 Å². The fourth-order valence-corrected chi connectivity index (χ4v) is 5.24. The Bertz CT molecular complexity index is 1270. The van der Waals surface area contributed by atoms with Gasteiger partial charge in [-0.2, -0.15) is 0 Å². The van der Waals surface area contributed by atoms with Crippen molar-refractivity contribution in [1.82, 2.24) is 4.90 Å². The summed E-state index contributed by atoms with van der Waals surface area (Å²) in [6, 6.07) is 14.0. The number of carbonyl (C=O) groups is 2. The topological polar surface area (TPSA) is 70.7 Å². The van der Waals surface area contributed by atoms with Crippen molar-refractivity contribution in [2.75, 3.05) is 0 Å². The van der Waals surface area contributed by atoms with Crippen LogP contribution < -0.4 is 0 Å². The number of Topliss-reactive ketones (excluding diaryl/α,β-unsaturated/α-hetero) is 1. The third-order valence-electron chi connectivity index (χ3n) is 6.83. The highest BCUT2D eigenvalue weighted by molar-refractivity contribution is 6.31. The lowest BCUT2D eigenvalue weighted by Gasteiger charge is -2.32. The SMILES string of the molecule is CC(C)c1ccc(C2C(C(=O)c3cc4cc(Cl)ccc4o3)=C(O)C(=O)N2C2CCCC2)cc1. The lowest BCUT2D eigenvalue weighted by molar-refractivity contribution is -0.131. The Morgan fingerprint density at radius 3 is 2.45 bits per heavy atom. The average Bonchev–Trinajstić information content (AvgIpc) is 3.52. The minimum atomic E-state index is -0.647. The summed E-state index contributed by atoms with van der Waals surface area (Å²) in [7, 11) is 0. The summed E-state index contributed by atoms with van der Waals surface area (Å²) >= 11 is 6.08. The van der Waals surface area contributed by atoms with Crippen LogP contribution in [0.2, 0.25) is 5.02 Å². The summed E-state index contributed by atoms with van der Waals surface area (Å²) < 4.78 is 5.79. The molecule has 2 heterocycles. The van der Waals surface area contributed by atoms with Crippen LogP contribution in [-0.4, -0.2) is 27.7 Å². The van der Waals surface area contributed by atoms with Gasteiger partial charge in [0.05, 0.1) is 11.6 Å². The quantitative estimate of drug-likeness (QED) is 0.426. The zero-order chi connectivity index (χ0) is 23.3. The van der Waals surface area contributed by atoms with E-state index >= 15 is 0 Å². The first-order valence-corrected chi connectivity index (χ1v) is 11.8. The number of aliphatic hydroxyl groups excluding tert-OH is 1. The van der Waals surface area contributed by atoms with Gasteiger partial charge in [-0.25, -0.2) is 0 Å². The van der Waals surface area contributed by atoms with Crippen molar-refractivity contribution in [3.05, 3.63) is 81.8 Å². The molecule has 1 amide bonds. The van der Waals surface area contributed by atoms with Crippen molar-refractivity contribution >= 4 is 34.3 Å². The van der Waals surface area contributed by atoms with Crippen LogP contribution >= 0.6 is 11.6 Å². The molecule has 2 aromatic carbocycles. The van der Waals surface area contributed by atoms with Crippen molar-refractivity contribution in [3.63, 3.8) is 0 Å². The molecule has 1 N–H and O–H groups in total. The minimum absolute atomic E-state index is 0.00537. The van der Waals surface area contributed by atoms with Crippen LogP contribution in [0.1, 0.15) is 73.2 Å². The van der Waals surface area contributed by atoms with Crippen molar-refractivity contribution < 1.29 is 19.1 Å². The average molecular weight is 464 g/mol. The van der Waals surface area contributed by atoms with Crippen molar-refractivity contribution in [3.8, 4) is 0 Å². The first-order valence-electron chi connectivity index (χ1n) is 11.4. The molecule has 2 aliphatic rings. The number of nitrogens with zero attached hydrogens (tertiary/aromatic N) is 1. The Labute approximate surface area is 197 Å². The van der Waals surface area contributed by atoms with Crippen LogP contribution in [0.3, 0.4) is 0 Å². The highest BCUT2D eigenvalue weighted by Gasteiger charge is 2.47. The van der Waals surface area contributed by atoms with Crippen molar-refractivity contribution in [2.24, 2.45) is 0 Å². The largest absolute Gasteiger partial charge is 0.503 e. The molecular formula is C27H26ClNO4. The number of benzene rings is 2. The van der Waals surface area contributed by atoms with Gasteiger partial charge in [-0.15, -0.1) is 0 Å². The van der Waals surface area contributed by atoms with Gasteiger partial charge in [-0.1, -0.05) is 62.6 Å². The number of aliphatic hydroxyl groups is 1. The number of rotatable bonds is 5. The molecule has 5 nitrogen and oxygen atoms in total. The van der Waals surface area contributed by atoms with Crippen LogP contribution in [-0.2, 0) is 4.79 Å². The number of hydrogen-bond acceptors (Lipinski definition) is 4. The monoisotopic (exact) mass is 463 g/mol. The number of carbonyl (C=O) groups excluding carboxylic acids is 2. The number of fused-ring (bicyclic) bond motifs is 1. The molecule has 170 valence electrons. The molecule has 1 aromatic heterocycles. The molecule has 6 heteroatoms. The second-order valence-electron chi connectivity index (χ2n) is 9.26. The van der Waals surface area contributed by atoms with Crippen molar-refractivity contribution in [1.29, 1.82) is 0 Å². The molecule has 1 saturated carbocycles. The van der Waals surface area contributed by atoms with Gasteiger partial charge in [0.25, 0.3) is 5.91 Å². The van der Waals surface area contributed by atoms with Gasteiger partial charge in [0, 0.05) is 16.5 Å². The van der Waals surface area contributed by atoms with Gasteiger partial charge < -0.3 is 14.4 Å². The summed E-state index contributed by atoms with van der Waals surface area (Å²) in [6.07, 6.45) is 3.79. The van der Waals surface area contributed by atoms with Gasteiger partial charge in [0.1, 0.15) is 5.58 Å². The maximum Gasteiger partial charge on any atom is 0.290 e. The van der Waals surface area contributed by atoms with Crippen LogP contribution in [0.4, 0.5) is 0 Å². The second kappa shape index (κ2) is 8.38. The number of furan rings is 1. The van der Waals surface area contributed by atoms with Crippen molar-refractivity contribution in [2.45, 2.75) is 57.5 Å². The van der Waals surface area contributed by atoms with Crippen LogP contribution in [0.5, 0.6) is 0 Å². The zero-order valence-electron chi connectivity index (χ0n) is 18.7. The van der Waals surface area contributed by atoms with E-state index in [1.807, 2.05) is 24.3 Å². The van der Waals surface area contributed by atoms with Gasteiger partial charge in [-0.05, 0) is 54.2 Å². The van der Waals surface area contributed by atoms with Gasteiger partial charge >= 0.3 is 0 Å². The van der Waals surface area contributed by atoms with E-state index in [1.54, 1.807) is 29.2 Å². The molecular weight excluding hydrogens is 438 g/mol. The molecule has 0 saturated heterocycles. The summed E-state index contributed by atoms with van der Waals surface area (Å²) in [5.74, 6) is -1.00. The number of hydrogen-bond donors (Lipinski definition) is 1. The molecule has 0 radical (unpaired) electrons. The molecule has 1 unspecified atom stereocenters. The summed E-state index contributed by atoms with van der Waals surface area (Å²) in [5, 5.41) is 12.2. The predicted molar refractivity (Wildman–Crippen MR) is 128 cm³/mol. The first kappa shape index (κ1) is 21.8. The Balaban J connectivity index is 1.60. The van der Waals surface area contributed by atoms with Gasteiger partial charge in [-0.3, -0.25) is 9.59 Å². The van der Waals surface area contributed by atoms with Crippen LogP contribution in [0.25, 0.3) is 11.0 Å². The van der Waals surface area contributed by atoms with E-state index in [0.717, 1.165) is 31.2 Å². The molecule has 33 heavy (non-hydrogen) atoms. The number of halogens is 1. The van der Waals surface area contributed by atoms with E-state index in [2.05, 4.69) is 13.8 Å². The Morgan fingerprint density at radius 2 is 1.79 bits per heavy atom. The standard InChI is InChI=1S/C27H26ClNO4/c1-15(2)16-7-9-17(10-8-16)24-23(26(31)27(32)29(24)20-5-3-4-6-20)25(30)22-14-18-13-19(28)11-12-21(18)33-22/h7-15,20,24,31H,3-6H2,1-2H3. The fraction of sp³-hybridized carbons (Fsp3) is 0.333. The Kier molecular flexibility index (Phi) is 5.53. The molecule has 1 aliphatic heterocycles. The van der Waals surface area contributed by atoms with Crippen LogP contribution in [0, 0.1) is 0 Å². The summed E-state index contributed by atoms with van der Waals surface area (Å²) in [4.78, 5) is 28.6. The smallest absolute Gasteiger partial charge is 0.290 e. The van der Waals surface area contributed by atoms with E-state index in [4.69, 9.17) is 16.0 Å². The van der Waals surface area contributed by atoms with E-state index in [-0.39, 0.29) is 17.4 Å². The zero-order valence-corrected chi connectivity index (χ0v) is 19.4. The number of amides is 1. The Hall–Kier alpha value is -3.05. The van der Waals surface area contributed by atoms with E-state index in [0.29, 0.717) is 21.9 Å². The second-order valence-corrected chi connectivity index (χ2v) is 9.70. The van der Waals surface area contributed by atoms with E-state index in [9.17, 15) is 14.7 Å². The molecule has 3 aromatic rings. The molecule has 5 rings (SSSR count). The van der Waals surface area contributed by atoms with E-state index in [1.165, 1.54) is 5.56 Å². The minimum Gasteiger partial charge on any atom is -0.503 e. The molecule has 0 bridgehead atoms. The fourth-order valence-electron chi connectivity index (χ4n) is 5.06. The first-order chi connectivity index (χ1) is 15.8. The predicted octanol–water partition coefficient (Wildman–Crippen LogP) is 6.73. The highest BCUT2D eigenvalue weighted by Crippen LogP contribution is 2.43. The maximum atomic E-state index is 13.7.